The third-order valence-corrected chi connectivity index (χ3v) is 14.5. The van der Waals surface area contributed by atoms with Gasteiger partial charge in [-0.15, -0.1) is 22.7 Å². The van der Waals surface area contributed by atoms with Crippen molar-refractivity contribution in [1.29, 1.82) is 0 Å². The third-order valence-electron chi connectivity index (χ3n) is 11.0. The van der Waals surface area contributed by atoms with Crippen LogP contribution in [0.5, 0.6) is 0 Å². The van der Waals surface area contributed by atoms with Gasteiger partial charge in [-0.3, -0.25) is 9.59 Å². The first kappa shape index (κ1) is 66.6. The number of thiazole rings is 2. The summed E-state index contributed by atoms with van der Waals surface area (Å²) in [7, 11) is 1.35. The number of carbonyl (C=O) groups is 4. The molecule has 0 radical (unpaired) electrons. The zero-order valence-electron chi connectivity index (χ0n) is 45.6. The van der Waals surface area contributed by atoms with Crippen LogP contribution in [0.3, 0.4) is 0 Å². The zero-order valence-corrected chi connectivity index (χ0v) is 50.3. The Morgan fingerprint density at radius 1 is 0.571 bits per heavy atom. The molecule has 0 amide bonds. The number of nitrogens with zero attached hydrogens (tertiary/aromatic N) is 2. The minimum atomic E-state index is -0.990. The summed E-state index contributed by atoms with van der Waals surface area (Å²) in [6.45, 7) is 20.3. The van der Waals surface area contributed by atoms with E-state index in [1.165, 1.54) is 7.11 Å². The van der Waals surface area contributed by atoms with E-state index in [1.54, 1.807) is 71.2 Å². The van der Waals surface area contributed by atoms with Gasteiger partial charge in [0.1, 0.15) is 11.2 Å². The van der Waals surface area contributed by atoms with E-state index in [1.807, 2.05) is 77.9 Å². The fourth-order valence-corrected chi connectivity index (χ4v) is 10.5. The Morgan fingerprint density at radius 3 is 1.25 bits per heavy atom. The number of hydrogen-bond donors (Lipinski definition) is 3. The van der Waals surface area contributed by atoms with Gasteiger partial charge in [-0.25, -0.2) is 19.6 Å². The molecule has 20 heteroatoms. The van der Waals surface area contributed by atoms with Crippen molar-refractivity contribution in [1.82, 2.24) is 9.97 Å². The fraction of sp³-hybridized carbons (Fsp3) is 0.404. The molecule has 2 heterocycles. The number of esters is 3. The second kappa shape index (κ2) is 30.1. The van der Waals surface area contributed by atoms with E-state index >= 15 is 0 Å². The van der Waals surface area contributed by atoms with Crippen molar-refractivity contribution < 1.29 is 62.8 Å². The Kier molecular flexibility index (Phi) is 26.0. The minimum Gasteiger partial charge on any atom is -0.870 e. The molecule has 2 aromatic heterocycles. The summed E-state index contributed by atoms with van der Waals surface area (Å²) >= 11 is 27.9. The molecule has 0 spiro atoms. The maximum absolute atomic E-state index is 13.1. The van der Waals surface area contributed by atoms with Gasteiger partial charge in [0.05, 0.1) is 61.6 Å². The van der Waals surface area contributed by atoms with Crippen LogP contribution in [0, 0.1) is 23.7 Å². The number of carbonyl (C=O) groups excluding carboxylic acids is 3. The number of anilines is 2. The largest absolute Gasteiger partial charge is 1.00 e. The molecular weight excluding hydrogens is 1100 g/mol. The molecule has 0 saturated carbocycles. The molecule has 13 nitrogen and oxygen atoms in total. The molecular formula is C57H67Cl4LiN4O9S2. The van der Waals surface area contributed by atoms with E-state index in [0.29, 0.717) is 68.6 Å². The molecule has 2 unspecified atom stereocenters. The Bertz CT molecular complexity index is 2920. The third kappa shape index (κ3) is 21.2. The normalized spacial score (nSPS) is 12.1. The van der Waals surface area contributed by atoms with Crippen LogP contribution < -0.4 is 29.5 Å². The Labute approximate surface area is 492 Å². The van der Waals surface area contributed by atoms with Gasteiger partial charge >= 0.3 is 42.7 Å². The van der Waals surface area contributed by atoms with Crippen LogP contribution in [0.4, 0.5) is 10.3 Å². The first-order valence-corrected chi connectivity index (χ1v) is 27.7. The van der Waals surface area contributed by atoms with Crippen molar-refractivity contribution in [2.75, 3.05) is 30.8 Å². The molecule has 4 aromatic carbocycles. The number of benzene rings is 4. The number of nitrogens with one attached hydrogen (secondary N) is 2. The average Bonchev–Trinajstić information content (AvgIpc) is 3.92. The summed E-state index contributed by atoms with van der Waals surface area (Å²) in [5.41, 5.74) is 4.65. The van der Waals surface area contributed by atoms with Crippen molar-refractivity contribution in [2.24, 2.45) is 23.7 Å². The Morgan fingerprint density at radius 2 is 0.935 bits per heavy atom. The standard InChI is InChI=1S/C29H34Cl2N2O4S.C28H32Cl2N2O4S.Li.H2O/c1-17(2)13-24-25(20-11-12-22(30)23(31)15-20)33-28(38-24)32-16-21(27(35)37-29(3,4)5)14-18-7-9-19(10-8-18)26(34)36-6;1-16(2)12-23-24(19-10-11-21(29)22(30)14-19)32-27(37-23)31-15-20(26(35)36-28(3,4)5)13-17-6-8-18(9-7-17)25(33)34;;/h7-12,15,17,21H,13-14,16H2,1-6H3,(H,32,33);6-11,14,16,20H,12-13,15H2,1-5H3,(H,31,32)(H,33,34);;1H2/q;;+1;/p-1. The quantitative estimate of drug-likeness (QED) is 0.0371. The number of carboxylic acids is 1. The number of ether oxygens (including phenoxy) is 3. The van der Waals surface area contributed by atoms with Crippen molar-refractivity contribution in [3.05, 3.63) is 137 Å². The van der Waals surface area contributed by atoms with Gasteiger partial charge in [0, 0.05) is 34.0 Å². The second-order valence-corrected chi connectivity index (χ2v) is 24.7. The maximum Gasteiger partial charge on any atom is 1.00 e. The van der Waals surface area contributed by atoms with E-state index in [4.69, 9.17) is 75.7 Å². The molecule has 0 fully saturated rings. The first-order chi connectivity index (χ1) is 35.2. The van der Waals surface area contributed by atoms with Gasteiger partial charge in [0.2, 0.25) is 0 Å². The van der Waals surface area contributed by atoms with E-state index in [2.05, 4.69) is 38.3 Å². The molecule has 0 aliphatic rings. The Balaban J connectivity index is 0.000000395. The molecule has 4 N–H and O–H groups in total. The molecule has 0 bridgehead atoms. The summed E-state index contributed by atoms with van der Waals surface area (Å²) in [6, 6.07) is 24.6. The summed E-state index contributed by atoms with van der Waals surface area (Å²) in [4.78, 5) is 61.1. The zero-order chi connectivity index (χ0) is 55.4. The number of aromatic carboxylic acids is 1. The van der Waals surface area contributed by atoms with Gasteiger partial charge in [-0.05, 0) is 139 Å². The number of hydrogen-bond acceptors (Lipinski definition) is 14. The van der Waals surface area contributed by atoms with Crippen molar-refractivity contribution in [3.63, 3.8) is 0 Å². The topological polar surface area (TPSA) is 196 Å². The SMILES string of the molecule is CC(C)Cc1sc(NCC(Cc2ccc(C(=O)O)cc2)C(=O)OC(C)(C)C)nc1-c1ccc(Cl)c(Cl)c1.COC(=O)c1ccc(CC(CNc2nc(-c3ccc(Cl)c(Cl)c3)c(CC(C)C)s2)C(=O)OC(C)(C)C)cc1.[Li+].[OH-]. The Hall–Kier alpha value is -4.66. The van der Waals surface area contributed by atoms with Crippen LogP contribution in [-0.2, 0) is 49.5 Å². The number of carboxylic acid groups (broad SMARTS) is 1. The molecule has 6 rings (SSSR count). The van der Waals surface area contributed by atoms with Crippen molar-refractivity contribution >= 4 is 103 Å². The summed E-state index contributed by atoms with van der Waals surface area (Å²) in [5, 5.41) is 19.2. The number of methoxy groups -OCH3 is 1. The predicted molar refractivity (Wildman–Crippen MR) is 308 cm³/mol. The van der Waals surface area contributed by atoms with Crippen LogP contribution in [-0.4, -0.2) is 75.8 Å². The number of aromatic nitrogens is 2. The van der Waals surface area contributed by atoms with E-state index in [0.717, 1.165) is 61.4 Å². The van der Waals surface area contributed by atoms with Crippen LogP contribution in [0.1, 0.15) is 111 Å². The van der Waals surface area contributed by atoms with E-state index in [9.17, 15) is 19.2 Å². The first-order valence-electron chi connectivity index (χ1n) is 24.5. The molecule has 77 heavy (non-hydrogen) atoms. The van der Waals surface area contributed by atoms with E-state index in [-0.39, 0.29) is 41.8 Å². The van der Waals surface area contributed by atoms with E-state index < -0.39 is 35.0 Å². The second-order valence-electron chi connectivity index (χ2n) is 20.9. The number of halogens is 4. The molecule has 410 valence electrons. The van der Waals surface area contributed by atoms with Gasteiger partial charge in [-0.2, -0.15) is 0 Å². The van der Waals surface area contributed by atoms with Gasteiger partial charge < -0.3 is 35.4 Å². The average molecular weight is 1170 g/mol. The monoisotopic (exact) mass is 1160 g/mol. The molecule has 2 atom stereocenters. The van der Waals surface area contributed by atoms with Crippen LogP contribution in [0.25, 0.3) is 22.5 Å². The van der Waals surface area contributed by atoms with Crippen molar-refractivity contribution in [3.8, 4) is 22.5 Å². The molecule has 0 aliphatic carbocycles. The summed E-state index contributed by atoms with van der Waals surface area (Å²) in [5.74, 6) is -2.12. The van der Waals surface area contributed by atoms with Gasteiger partial charge in [-0.1, -0.05) is 110 Å². The van der Waals surface area contributed by atoms with Crippen molar-refractivity contribution in [2.45, 2.75) is 106 Å². The van der Waals surface area contributed by atoms with Gasteiger partial charge in [0.15, 0.2) is 10.3 Å². The smallest absolute Gasteiger partial charge is 0.870 e. The molecule has 6 aromatic rings. The minimum absolute atomic E-state index is 0. The maximum atomic E-state index is 13.1. The van der Waals surface area contributed by atoms with Crippen LogP contribution in [0.15, 0.2) is 84.9 Å². The summed E-state index contributed by atoms with van der Waals surface area (Å²) in [6.07, 6.45) is 2.54. The predicted octanol–water partition coefficient (Wildman–Crippen LogP) is 12.2. The molecule has 0 aliphatic heterocycles. The van der Waals surface area contributed by atoms with Gasteiger partial charge in [0.25, 0.3) is 0 Å². The number of rotatable bonds is 20. The molecule has 0 saturated heterocycles. The fourth-order valence-electron chi connectivity index (χ4n) is 7.53. The summed E-state index contributed by atoms with van der Waals surface area (Å²) < 4.78 is 16.2. The van der Waals surface area contributed by atoms with Crippen LogP contribution in [0.2, 0.25) is 20.1 Å². The van der Waals surface area contributed by atoms with Crippen LogP contribution >= 0.6 is 69.1 Å².